The smallest absolute Gasteiger partial charge is 0.302 e. The average molecular weight is 321 g/mol. The maximum absolute atomic E-state index is 12.9. The Bertz CT molecular complexity index is 701. The highest BCUT2D eigenvalue weighted by molar-refractivity contribution is 7.93. The maximum atomic E-state index is 12.9. The van der Waals surface area contributed by atoms with Gasteiger partial charge in [0.15, 0.2) is 0 Å². The molecule has 0 aliphatic carbocycles. The predicted molar refractivity (Wildman–Crippen MR) is 82.8 cm³/mol. The molecule has 22 heavy (non-hydrogen) atoms. The van der Waals surface area contributed by atoms with Crippen molar-refractivity contribution in [3.8, 4) is 6.07 Å². The van der Waals surface area contributed by atoms with Crippen LogP contribution in [0.2, 0.25) is 0 Å². The number of carbonyl (C=O) groups is 1. The number of allylic oxidation sites excluding steroid dienone is 1. The lowest BCUT2D eigenvalue weighted by Gasteiger charge is -2.30. The predicted octanol–water partition coefficient (Wildman–Crippen LogP) is 2.56. The number of esters is 1. The number of nitrogens with zero attached hydrogens (tertiary/aromatic N) is 1. The number of hydrogen-bond acceptors (Lipinski definition) is 5. The fourth-order valence-electron chi connectivity index (χ4n) is 2.18. The number of sulfone groups is 1. The minimum Gasteiger partial charge on any atom is -0.460 e. The van der Waals surface area contributed by atoms with E-state index in [2.05, 4.69) is 6.58 Å². The first kappa shape index (κ1) is 17.9. The van der Waals surface area contributed by atoms with Crippen LogP contribution in [0.15, 0.2) is 41.8 Å². The van der Waals surface area contributed by atoms with E-state index in [0.717, 1.165) is 5.56 Å². The van der Waals surface area contributed by atoms with Gasteiger partial charge in [-0.1, -0.05) is 23.8 Å². The molecule has 0 N–H and O–H groups in total. The summed E-state index contributed by atoms with van der Waals surface area (Å²) >= 11 is 0. The number of benzene rings is 1. The van der Waals surface area contributed by atoms with Crippen LogP contribution in [0.5, 0.6) is 0 Å². The summed E-state index contributed by atoms with van der Waals surface area (Å²) in [5, 5.41) is 9.57. The number of rotatable bonds is 6. The van der Waals surface area contributed by atoms with Crippen LogP contribution in [-0.4, -0.2) is 25.2 Å². The zero-order valence-corrected chi connectivity index (χ0v) is 13.7. The van der Waals surface area contributed by atoms with Gasteiger partial charge in [-0.25, -0.2) is 8.42 Å². The normalized spacial score (nSPS) is 15.2. The lowest BCUT2D eigenvalue weighted by Crippen LogP contribution is -2.48. The Hall–Kier alpha value is -2.13. The Morgan fingerprint density at radius 2 is 2.00 bits per heavy atom. The lowest BCUT2D eigenvalue weighted by molar-refractivity contribution is -0.146. The Morgan fingerprint density at radius 1 is 1.45 bits per heavy atom. The highest BCUT2D eigenvalue weighted by Gasteiger charge is 2.50. The van der Waals surface area contributed by atoms with E-state index in [1.165, 1.54) is 32.1 Å². The van der Waals surface area contributed by atoms with Crippen molar-refractivity contribution in [2.75, 3.05) is 0 Å². The molecule has 118 valence electrons. The molecule has 5 nitrogen and oxygen atoms in total. The SMILES string of the molecule is C=CCC(C#N)(C(C)OC(C)=O)S(=O)(=O)c1ccc(C)cc1. The number of ether oxygens (including phenoxy) is 1. The molecule has 6 heteroatoms. The van der Waals surface area contributed by atoms with Crippen LogP contribution in [0.3, 0.4) is 0 Å². The highest BCUT2D eigenvalue weighted by atomic mass is 32.2. The summed E-state index contributed by atoms with van der Waals surface area (Å²) in [6, 6.07) is 8.03. The van der Waals surface area contributed by atoms with Crippen molar-refractivity contribution >= 4 is 15.8 Å². The molecule has 2 atom stereocenters. The van der Waals surface area contributed by atoms with Gasteiger partial charge in [-0.2, -0.15) is 5.26 Å². The van der Waals surface area contributed by atoms with Gasteiger partial charge in [0.25, 0.3) is 0 Å². The third-order valence-corrected chi connectivity index (χ3v) is 5.89. The second-order valence-electron chi connectivity index (χ2n) is 5.06. The molecule has 0 heterocycles. The van der Waals surface area contributed by atoms with E-state index in [1.54, 1.807) is 12.1 Å². The van der Waals surface area contributed by atoms with Crippen molar-refractivity contribution in [3.05, 3.63) is 42.5 Å². The topological polar surface area (TPSA) is 84.2 Å². The molecular weight excluding hydrogens is 302 g/mol. The molecule has 0 aromatic heterocycles. The van der Waals surface area contributed by atoms with Crippen LogP contribution in [-0.2, 0) is 19.4 Å². The van der Waals surface area contributed by atoms with Crippen molar-refractivity contribution in [2.45, 2.75) is 42.9 Å². The Morgan fingerprint density at radius 3 is 2.41 bits per heavy atom. The van der Waals surface area contributed by atoms with Crippen molar-refractivity contribution in [2.24, 2.45) is 0 Å². The molecule has 0 fully saturated rings. The summed E-state index contributed by atoms with van der Waals surface area (Å²) in [5.74, 6) is -0.643. The molecule has 1 rings (SSSR count). The van der Waals surface area contributed by atoms with Crippen LogP contribution in [0.1, 0.15) is 25.8 Å². The van der Waals surface area contributed by atoms with Gasteiger partial charge < -0.3 is 4.74 Å². The molecule has 1 aromatic carbocycles. The van der Waals surface area contributed by atoms with Gasteiger partial charge in [-0.15, -0.1) is 6.58 Å². The third-order valence-electron chi connectivity index (χ3n) is 3.45. The van der Waals surface area contributed by atoms with Crippen molar-refractivity contribution in [3.63, 3.8) is 0 Å². The molecule has 0 amide bonds. The molecule has 2 unspecified atom stereocenters. The van der Waals surface area contributed by atoms with Crippen molar-refractivity contribution < 1.29 is 17.9 Å². The van der Waals surface area contributed by atoms with E-state index in [1.807, 2.05) is 13.0 Å². The van der Waals surface area contributed by atoms with E-state index in [4.69, 9.17) is 4.74 Å². The zero-order chi connectivity index (χ0) is 17.0. The average Bonchev–Trinajstić information content (AvgIpc) is 2.44. The Labute approximate surface area is 131 Å². The minimum absolute atomic E-state index is 0.0144. The van der Waals surface area contributed by atoms with E-state index < -0.39 is 26.7 Å². The number of aryl methyl sites for hydroxylation is 1. The first-order chi connectivity index (χ1) is 10.2. The number of carbonyl (C=O) groups excluding carboxylic acids is 1. The molecule has 0 saturated heterocycles. The first-order valence-corrected chi connectivity index (χ1v) is 8.20. The molecule has 0 bridgehead atoms. The van der Waals surface area contributed by atoms with Gasteiger partial charge in [0.05, 0.1) is 11.0 Å². The first-order valence-electron chi connectivity index (χ1n) is 6.72. The quantitative estimate of drug-likeness (QED) is 0.594. The molecule has 0 aliphatic heterocycles. The minimum atomic E-state index is -4.05. The van der Waals surface area contributed by atoms with Gasteiger partial charge in [-0.3, -0.25) is 4.79 Å². The summed E-state index contributed by atoms with van der Waals surface area (Å²) < 4.78 is 29.0. The molecular formula is C16H19NO4S. The molecule has 0 saturated carbocycles. The van der Waals surface area contributed by atoms with E-state index in [-0.39, 0.29) is 11.3 Å². The monoisotopic (exact) mass is 321 g/mol. The summed E-state index contributed by atoms with van der Waals surface area (Å²) in [7, 11) is -4.05. The second-order valence-corrected chi connectivity index (χ2v) is 7.27. The summed E-state index contributed by atoms with van der Waals surface area (Å²) in [5.41, 5.74) is 0.901. The highest BCUT2D eigenvalue weighted by Crippen LogP contribution is 2.34. The second kappa shape index (κ2) is 6.75. The Kier molecular flexibility index (Phi) is 5.50. The van der Waals surface area contributed by atoms with Gasteiger partial charge in [0.2, 0.25) is 14.6 Å². The van der Waals surface area contributed by atoms with Gasteiger partial charge in [0.1, 0.15) is 6.10 Å². The molecule has 0 spiro atoms. The van der Waals surface area contributed by atoms with Crippen LogP contribution >= 0.6 is 0 Å². The molecule has 0 radical (unpaired) electrons. The van der Waals surface area contributed by atoms with Crippen molar-refractivity contribution in [1.82, 2.24) is 0 Å². The van der Waals surface area contributed by atoms with E-state index in [0.29, 0.717) is 0 Å². The fourth-order valence-corrected chi connectivity index (χ4v) is 4.03. The standard InChI is InChI=1S/C16H19NO4S/c1-5-10-16(11-17,13(3)21-14(4)18)22(19,20)15-8-6-12(2)7-9-15/h5-9,13H,1,10H2,2-4H3. The molecule has 0 aliphatic rings. The summed E-state index contributed by atoms with van der Waals surface area (Å²) in [6.07, 6.45) is 0.0719. The van der Waals surface area contributed by atoms with Crippen molar-refractivity contribution in [1.29, 1.82) is 5.26 Å². The Balaban J connectivity index is 3.49. The third kappa shape index (κ3) is 3.20. The van der Waals surface area contributed by atoms with Crippen LogP contribution in [0.25, 0.3) is 0 Å². The largest absolute Gasteiger partial charge is 0.460 e. The maximum Gasteiger partial charge on any atom is 0.302 e. The lowest BCUT2D eigenvalue weighted by atomic mass is 10.0. The fraction of sp³-hybridized carbons (Fsp3) is 0.375. The zero-order valence-electron chi connectivity index (χ0n) is 12.9. The van der Waals surface area contributed by atoms with E-state index >= 15 is 0 Å². The van der Waals surface area contributed by atoms with Gasteiger partial charge in [-0.05, 0) is 26.0 Å². The molecule has 1 aromatic rings. The van der Waals surface area contributed by atoms with Gasteiger partial charge in [0, 0.05) is 13.3 Å². The van der Waals surface area contributed by atoms with Crippen LogP contribution in [0.4, 0.5) is 0 Å². The van der Waals surface area contributed by atoms with Gasteiger partial charge >= 0.3 is 5.97 Å². The van der Waals surface area contributed by atoms with Crippen LogP contribution in [0, 0.1) is 18.3 Å². The van der Waals surface area contributed by atoms with E-state index in [9.17, 15) is 18.5 Å². The van der Waals surface area contributed by atoms with Crippen LogP contribution < -0.4 is 0 Å². The number of nitriles is 1. The summed E-state index contributed by atoms with van der Waals surface area (Å²) in [6.45, 7) is 7.93. The number of hydrogen-bond donors (Lipinski definition) is 0. The summed E-state index contributed by atoms with van der Waals surface area (Å²) in [4.78, 5) is 11.2.